The van der Waals surface area contributed by atoms with Crippen molar-refractivity contribution in [1.29, 1.82) is 0 Å². The minimum atomic E-state index is 0.865. The SMILES string of the molecule is c1ccc(-c2nc3ccccc3c3c(-c4cccc(-c5cc6ccccc6c6ccccc56)c4)c4c(cc23)oc2ccccc24)cc1. The summed E-state index contributed by atoms with van der Waals surface area (Å²) in [6.07, 6.45) is 0. The molecule has 0 amide bonds. The molecule has 0 saturated carbocycles. The quantitative estimate of drug-likeness (QED) is 0.189. The normalized spacial score (nSPS) is 11.8. The lowest BCUT2D eigenvalue weighted by Crippen LogP contribution is -1.93. The zero-order valence-electron chi connectivity index (χ0n) is 25.4. The number of aromatic nitrogens is 1. The molecule has 0 N–H and O–H groups in total. The van der Waals surface area contributed by atoms with Crippen LogP contribution in [0.25, 0.3) is 98.7 Å². The Morgan fingerprint density at radius 1 is 0.383 bits per heavy atom. The molecule has 0 radical (unpaired) electrons. The molecule has 0 fully saturated rings. The van der Waals surface area contributed by atoms with Crippen LogP contribution in [0.5, 0.6) is 0 Å². The topological polar surface area (TPSA) is 26.0 Å². The molecule has 0 aliphatic heterocycles. The predicted octanol–water partition coefficient (Wildman–Crippen LogP) is 12.6. The van der Waals surface area contributed by atoms with Crippen LogP contribution in [-0.4, -0.2) is 4.98 Å². The van der Waals surface area contributed by atoms with Crippen LogP contribution in [0.1, 0.15) is 0 Å². The van der Waals surface area contributed by atoms with E-state index >= 15 is 0 Å². The zero-order chi connectivity index (χ0) is 30.9. The number of hydrogen-bond donors (Lipinski definition) is 0. The average Bonchev–Trinajstić information content (AvgIpc) is 3.52. The third-order valence-corrected chi connectivity index (χ3v) is 9.61. The van der Waals surface area contributed by atoms with Gasteiger partial charge in [0.1, 0.15) is 11.2 Å². The summed E-state index contributed by atoms with van der Waals surface area (Å²) in [6, 6.07) is 58.4. The first kappa shape index (κ1) is 26.0. The van der Waals surface area contributed by atoms with Crippen LogP contribution < -0.4 is 0 Å². The van der Waals surface area contributed by atoms with Gasteiger partial charge < -0.3 is 4.42 Å². The third-order valence-electron chi connectivity index (χ3n) is 9.61. The molecule has 2 aromatic heterocycles. The molecular weight excluding hydrogens is 571 g/mol. The molecule has 0 spiro atoms. The minimum Gasteiger partial charge on any atom is -0.456 e. The van der Waals surface area contributed by atoms with Crippen LogP contribution in [0.2, 0.25) is 0 Å². The van der Waals surface area contributed by atoms with Crippen LogP contribution in [0.15, 0.2) is 168 Å². The fraction of sp³-hybridized carbons (Fsp3) is 0. The van der Waals surface area contributed by atoms with Crippen molar-refractivity contribution in [2.24, 2.45) is 0 Å². The predicted molar refractivity (Wildman–Crippen MR) is 198 cm³/mol. The molecular formula is C45H27NO. The Hall–Kier alpha value is -6.25. The van der Waals surface area contributed by atoms with E-state index in [1.165, 1.54) is 43.6 Å². The Morgan fingerprint density at radius 2 is 1.04 bits per heavy atom. The summed E-state index contributed by atoms with van der Waals surface area (Å²) in [6.45, 7) is 0. The first-order valence-electron chi connectivity index (χ1n) is 16.1. The van der Waals surface area contributed by atoms with Gasteiger partial charge in [-0.1, -0.05) is 133 Å². The van der Waals surface area contributed by atoms with Crippen molar-refractivity contribution < 1.29 is 4.42 Å². The van der Waals surface area contributed by atoms with Crippen molar-refractivity contribution in [2.75, 3.05) is 0 Å². The molecule has 0 aliphatic rings. The molecule has 0 atom stereocenters. The van der Waals surface area contributed by atoms with E-state index in [4.69, 9.17) is 9.40 Å². The van der Waals surface area contributed by atoms with E-state index in [0.29, 0.717) is 0 Å². The van der Waals surface area contributed by atoms with Gasteiger partial charge in [0.25, 0.3) is 0 Å². The van der Waals surface area contributed by atoms with Crippen LogP contribution in [0, 0.1) is 0 Å². The highest BCUT2D eigenvalue weighted by Gasteiger charge is 2.22. The summed E-state index contributed by atoms with van der Waals surface area (Å²) >= 11 is 0. The zero-order valence-corrected chi connectivity index (χ0v) is 25.4. The smallest absolute Gasteiger partial charge is 0.136 e. The third kappa shape index (κ3) is 3.95. The van der Waals surface area contributed by atoms with Crippen LogP contribution >= 0.6 is 0 Å². The van der Waals surface area contributed by atoms with Crippen LogP contribution in [0.4, 0.5) is 0 Å². The van der Waals surface area contributed by atoms with Gasteiger partial charge >= 0.3 is 0 Å². The summed E-state index contributed by atoms with van der Waals surface area (Å²) < 4.78 is 6.62. The monoisotopic (exact) mass is 597 g/mol. The molecule has 0 aliphatic carbocycles. The molecule has 8 aromatic carbocycles. The Balaban J connectivity index is 1.36. The van der Waals surface area contributed by atoms with Crippen molar-refractivity contribution in [3.05, 3.63) is 164 Å². The Morgan fingerprint density at radius 3 is 1.91 bits per heavy atom. The van der Waals surface area contributed by atoms with Gasteiger partial charge in [-0.25, -0.2) is 4.98 Å². The number of pyridine rings is 1. The van der Waals surface area contributed by atoms with E-state index < -0.39 is 0 Å². The number of nitrogens with zero attached hydrogens (tertiary/aromatic N) is 1. The van der Waals surface area contributed by atoms with Gasteiger partial charge in [0.15, 0.2) is 0 Å². The number of furan rings is 1. The lowest BCUT2D eigenvalue weighted by atomic mass is 9.87. The molecule has 47 heavy (non-hydrogen) atoms. The highest BCUT2D eigenvalue weighted by Crippen LogP contribution is 2.47. The number of benzene rings is 8. The van der Waals surface area contributed by atoms with Crippen molar-refractivity contribution in [1.82, 2.24) is 4.98 Å². The molecule has 2 nitrogen and oxygen atoms in total. The molecule has 0 saturated heterocycles. The molecule has 2 heteroatoms. The van der Waals surface area contributed by atoms with Gasteiger partial charge in [-0.05, 0) is 68.6 Å². The van der Waals surface area contributed by atoms with Crippen LogP contribution in [0.3, 0.4) is 0 Å². The molecule has 10 aromatic rings. The van der Waals surface area contributed by atoms with Gasteiger partial charge in [0, 0.05) is 38.1 Å². The summed E-state index contributed by atoms with van der Waals surface area (Å²) in [5.74, 6) is 0. The van der Waals surface area contributed by atoms with E-state index in [1.807, 2.05) is 6.07 Å². The van der Waals surface area contributed by atoms with Gasteiger partial charge in [-0.2, -0.15) is 0 Å². The number of hydrogen-bond acceptors (Lipinski definition) is 2. The van der Waals surface area contributed by atoms with Gasteiger partial charge in [0.2, 0.25) is 0 Å². The largest absolute Gasteiger partial charge is 0.456 e. The van der Waals surface area contributed by atoms with E-state index in [1.54, 1.807) is 0 Å². The van der Waals surface area contributed by atoms with Gasteiger partial charge in [-0.15, -0.1) is 0 Å². The van der Waals surface area contributed by atoms with Crippen molar-refractivity contribution in [2.45, 2.75) is 0 Å². The molecule has 218 valence electrons. The summed E-state index contributed by atoms with van der Waals surface area (Å²) in [5.41, 5.74) is 9.50. The van der Waals surface area contributed by atoms with Crippen LogP contribution in [-0.2, 0) is 0 Å². The molecule has 2 heterocycles. The van der Waals surface area contributed by atoms with E-state index in [0.717, 1.165) is 55.0 Å². The maximum atomic E-state index is 6.62. The molecule has 10 rings (SSSR count). The summed E-state index contributed by atoms with van der Waals surface area (Å²) in [4.78, 5) is 5.26. The minimum absolute atomic E-state index is 0.865. The summed E-state index contributed by atoms with van der Waals surface area (Å²) in [5, 5.41) is 10.7. The van der Waals surface area contributed by atoms with E-state index in [-0.39, 0.29) is 0 Å². The fourth-order valence-corrected chi connectivity index (χ4v) is 7.56. The highest BCUT2D eigenvalue weighted by atomic mass is 16.3. The van der Waals surface area contributed by atoms with Gasteiger partial charge in [-0.3, -0.25) is 0 Å². The number of fused-ring (bicyclic) bond motifs is 9. The van der Waals surface area contributed by atoms with Gasteiger partial charge in [0.05, 0.1) is 11.2 Å². The average molecular weight is 598 g/mol. The number of para-hydroxylation sites is 2. The first-order valence-corrected chi connectivity index (χ1v) is 16.1. The molecule has 0 unspecified atom stereocenters. The van der Waals surface area contributed by atoms with Crippen molar-refractivity contribution in [3.63, 3.8) is 0 Å². The molecule has 0 bridgehead atoms. The standard InChI is InChI=1S/C45H27NO/c1-2-13-28(14-3-1)45-38-27-41-44(36-22-9-11-24-40(36)47-41)42(43(38)35-21-8-10-23-39(35)46-45)31-17-12-16-29(25-31)37-26-30-15-4-5-18-32(30)33-19-6-7-20-34(33)37/h1-27H. The van der Waals surface area contributed by atoms with E-state index in [9.17, 15) is 0 Å². The Labute approximate surface area is 271 Å². The van der Waals surface area contributed by atoms with Crippen molar-refractivity contribution in [3.8, 4) is 33.5 Å². The Kier molecular flexibility index (Phi) is 5.61. The lowest BCUT2D eigenvalue weighted by Gasteiger charge is -2.17. The number of rotatable bonds is 3. The second-order valence-corrected chi connectivity index (χ2v) is 12.3. The maximum Gasteiger partial charge on any atom is 0.136 e. The summed E-state index contributed by atoms with van der Waals surface area (Å²) in [7, 11) is 0. The highest BCUT2D eigenvalue weighted by molar-refractivity contribution is 6.28. The maximum absolute atomic E-state index is 6.62. The van der Waals surface area contributed by atoms with Crippen molar-refractivity contribution >= 4 is 65.2 Å². The second kappa shape index (κ2) is 10.1. The van der Waals surface area contributed by atoms with E-state index in [2.05, 4.69) is 158 Å². The fourth-order valence-electron chi connectivity index (χ4n) is 7.56. The first-order chi connectivity index (χ1) is 23.3. The Bertz CT molecular complexity index is 2840. The lowest BCUT2D eigenvalue weighted by molar-refractivity contribution is 0.669. The second-order valence-electron chi connectivity index (χ2n) is 12.3.